The van der Waals surface area contributed by atoms with Crippen LogP contribution in [0.2, 0.25) is 0 Å². The van der Waals surface area contributed by atoms with Crippen molar-refractivity contribution in [1.82, 2.24) is 4.98 Å². The molecule has 19 heavy (non-hydrogen) atoms. The first-order chi connectivity index (χ1) is 9.28. The van der Waals surface area contributed by atoms with Crippen LogP contribution in [0.15, 0.2) is 0 Å². The Balaban J connectivity index is 2.08. The maximum Gasteiger partial charge on any atom is 0.185 e. The first kappa shape index (κ1) is 14.8. The van der Waals surface area contributed by atoms with Gasteiger partial charge in [-0.2, -0.15) is 0 Å². The fourth-order valence-corrected chi connectivity index (χ4v) is 3.67. The lowest BCUT2D eigenvalue weighted by Gasteiger charge is -2.19. The molecule has 108 valence electrons. The first-order valence-electron chi connectivity index (χ1n) is 7.21. The number of hydrogen-bond acceptors (Lipinski definition) is 5. The van der Waals surface area contributed by atoms with Gasteiger partial charge in [-0.25, -0.2) is 4.98 Å². The van der Waals surface area contributed by atoms with E-state index in [1.165, 1.54) is 25.7 Å². The molecule has 4 nitrogen and oxygen atoms in total. The molecule has 1 aliphatic rings. The van der Waals surface area contributed by atoms with Crippen molar-refractivity contribution in [2.75, 3.05) is 25.1 Å². The number of nitrogens with two attached hydrogens (primary N) is 1. The van der Waals surface area contributed by atoms with Gasteiger partial charge in [-0.15, -0.1) is 11.3 Å². The zero-order valence-electron chi connectivity index (χ0n) is 12.0. The quantitative estimate of drug-likeness (QED) is 0.903. The summed E-state index contributed by atoms with van der Waals surface area (Å²) in [6, 6.07) is 0. The van der Waals surface area contributed by atoms with Gasteiger partial charge in [0.05, 0.1) is 12.3 Å². The Kier molecular flexibility index (Phi) is 5.60. The summed E-state index contributed by atoms with van der Waals surface area (Å²) in [5, 5.41) is 1.13. The maximum atomic E-state index is 5.79. The zero-order valence-corrected chi connectivity index (χ0v) is 12.8. The lowest BCUT2D eigenvalue weighted by Crippen LogP contribution is -2.24. The van der Waals surface area contributed by atoms with Crippen molar-refractivity contribution in [3.05, 3.63) is 10.6 Å². The monoisotopic (exact) mass is 283 g/mol. The molecule has 1 aromatic rings. The summed E-state index contributed by atoms with van der Waals surface area (Å²) in [6.45, 7) is 5.67. The topological polar surface area (TPSA) is 51.4 Å². The van der Waals surface area contributed by atoms with Gasteiger partial charge < -0.3 is 15.4 Å². The number of methoxy groups -OCH3 is 1. The predicted molar refractivity (Wildman–Crippen MR) is 80.6 cm³/mol. The Hall–Kier alpha value is -0.650. The van der Waals surface area contributed by atoms with Gasteiger partial charge in [0.25, 0.3) is 0 Å². The summed E-state index contributed by atoms with van der Waals surface area (Å²) >= 11 is 1.73. The molecule has 5 heteroatoms. The van der Waals surface area contributed by atoms with Gasteiger partial charge in [0, 0.05) is 31.6 Å². The molecule has 1 fully saturated rings. The minimum Gasteiger partial charge on any atom is -0.378 e. The Labute approximate surface area is 120 Å². The minimum atomic E-state index is 0.557. The van der Waals surface area contributed by atoms with Crippen LogP contribution in [0, 0.1) is 5.92 Å². The maximum absolute atomic E-state index is 5.79. The van der Waals surface area contributed by atoms with E-state index >= 15 is 0 Å². The van der Waals surface area contributed by atoms with Gasteiger partial charge in [0.15, 0.2) is 5.13 Å². The van der Waals surface area contributed by atoms with Crippen molar-refractivity contribution in [1.29, 1.82) is 0 Å². The van der Waals surface area contributed by atoms with E-state index < -0.39 is 0 Å². The Morgan fingerprint density at radius 2 is 2.26 bits per heavy atom. The highest BCUT2D eigenvalue weighted by Crippen LogP contribution is 2.30. The van der Waals surface area contributed by atoms with Crippen LogP contribution in [0.5, 0.6) is 0 Å². The number of nitrogens with zero attached hydrogens (tertiary/aromatic N) is 2. The molecule has 2 rings (SSSR count). The molecule has 0 saturated carbocycles. The summed E-state index contributed by atoms with van der Waals surface area (Å²) in [5.41, 5.74) is 6.81. The highest BCUT2D eigenvalue weighted by molar-refractivity contribution is 7.15. The van der Waals surface area contributed by atoms with Crippen molar-refractivity contribution in [2.45, 2.75) is 45.8 Å². The Morgan fingerprint density at radius 1 is 1.42 bits per heavy atom. The molecule has 0 spiro atoms. The molecular weight excluding hydrogens is 258 g/mol. The molecule has 1 aliphatic heterocycles. The lowest BCUT2D eigenvalue weighted by molar-refractivity contribution is 0.181. The van der Waals surface area contributed by atoms with Crippen LogP contribution in [-0.2, 0) is 17.9 Å². The van der Waals surface area contributed by atoms with E-state index in [4.69, 9.17) is 15.5 Å². The number of anilines is 1. The predicted octanol–water partition coefficient (Wildman–Crippen LogP) is 2.76. The van der Waals surface area contributed by atoms with E-state index in [1.54, 1.807) is 18.4 Å². The van der Waals surface area contributed by atoms with Crippen molar-refractivity contribution < 1.29 is 4.74 Å². The average molecular weight is 283 g/mol. The van der Waals surface area contributed by atoms with Crippen LogP contribution < -0.4 is 10.6 Å². The van der Waals surface area contributed by atoms with Gasteiger partial charge in [0.2, 0.25) is 0 Å². The molecule has 0 amide bonds. The molecule has 1 unspecified atom stereocenters. The van der Waals surface area contributed by atoms with Crippen molar-refractivity contribution in [2.24, 2.45) is 11.7 Å². The molecule has 1 saturated heterocycles. The van der Waals surface area contributed by atoms with Crippen LogP contribution in [0.3, 0.4) is 0 Å². The van der Waals surface area contributed by atoms with E-state index in [9.17, 15) is 0 Å². The number of thiazole rings is 1. The molecule has 0 bridgehead atoms. The summed E-state index contributed by atoms with van der Waals surface area (Å²) in [5.74, 6) is 0.886. The summed E-state index contributed by atoms with van der Waals surface area (Å²) in [7, 11) is 1.71. The summed E-state index contributed by atoms with van der Waals surface area (Å²) in [6.07, 6.45) is 5.21. The van der Waals surface area contributed by atoms with Gasteiger partial charge in [-0.05, 0) is 25.2 Å². The van der Waals surface area contributed by atoms with Crippen molar-refractivity contribution in [3.8, 4) is 0 Å². The van der Waals surface area contributed by atoms with Crippen molar-refractivity contribution in [3.63, 3.8) is 0 Å². The Bertz CT molecular complexity index is 394. The minimum absolute atomic E-state index is 0.557. The Morgan fingerprint density at radius 3 is 2.95 bits per heavy atom. The number of hydrogen-bond donors (Lipinski definition) is 1. The standard InChI is InChI=1S/C14H25N3OS/c1-3-11-5-4-7-17(8-6-11)14-16-12(10-18-2)13(9-15)19-14/h11H,3-10,15H2,1-2H3. The van der Waals surface area contributed by atoms with Crippen LogP contribution in [0.1, 0.15) is 43.2 Å². The van der Waals surface area contributed by atoms with E-state index in [1.807, 2.05) is 0 Å². The fraction of sp³-hybridized carbons (Fsp3) is 0.786. The zero-order chi connectivity index (χ0) is 13.7. The van der Waals surface area contributed by atoms with E-state index in [0.717, 1.165) is 34.7 Å². The van der Waals surface area contributed by atoms with E-state index in [-0.39, 0.29) is 0 Å². The normalized spacial score (nSPS) is 20.6. The van der Waals surface area contributed by atoms with Gasteiger partial charge in [0.1, 0.15) is 0 Å². The largest absolute Gasteiger partial charge is 0.378 e. The average Bonchev–Trinajstić information content (AvgIpc) is 2.68. The van der Waals surface area contributed by atoms with Crippen LogP contribution in [-0.4, -0.2) is 25.2 Å². The number of rotatable bonds is 5. The van der Waals surface area contributed by atoms with Crippen molar-refractivity contribution >= 4 is 16.5 Å². The van der Waals surface area contributed by atoms with Crippen LogP contribution in [0.4, 0.5) is 5.13 Å². The van der Waals surface area contributed by atoms with Gasteiger partial charge in [-0.3, -0.25) is 0 Å². The van der Waals surface area contributed by atoms with E-state index in [0.29, 0.717) is 13.2 Å². The molecule has 2 N–H and O–H groups in total. The third-order valence-electron chi connectivity index (χ3n) is 3.93. The molecule has 1 aromatic heterocycles. The number of ether oxygens (including phenoxy) is 1. The third kappa shape index (κ3) is 3.68. The summed E-state index contributed by atoms with van der Waals surface area (Å²) < 4.78 is 5.20. The number of aromatic nitrogens is 1. The van der Waals surface area contributed by atoms with E-state index in [2.05, 4.69) is 11.8 Å². The molecule has 2 heterocycles. The molecule has 1 atom stereocenters. The van der Waals surface area contributed by atoms with Crippen LogP contribution in [0.25, 0.3) is 0 Å². The second kappa shape index (κ2) is 7.22. The first-order valence-corrected chi connectivity index (χ1v) is 8.02. The SMILES string of the molecule is CCC1CCCN(c2nc(COC)c(CN)s2)CC1. The van der Waals surface area contributed by atoms with Gasteiger partial charge >= 0.3 is 0 Å². The highest BCUT2D eigenvalue weighted by Gasteiger charge is 2.19. The smallest absolute Gasteiger partial charge is 0.185 e. The molecule has 0 radical (unpaired) electrons. The second-order valence-corrected chi connectivity index (χ2v) is 6.26. The van der Waals surface area contributed by atoms with Gasteiger partial charge in [-0.1, -0.05) is 13.3 Å². The fourth-order valence-electron chi connectivity index (χ4n) is 2.68. The van der Waals surface area contributed by atoms with Crippen LogP contribution >= 0.6 is 11.3 Å². The molecule has 0 aromatic carbocycles. The second-order valence-electron chi connectivity index (χ2n) is 5.20. The third-order valence-corrected chi connectivity index (χ3v) is 5.11. The highest BCUT2D eigenvalue weighted by atomic mass is 32.1. The molecular formula is C14H25N3OS. The summed E-state index contributed by atoms with van der Waals surface area (Å²) in [4.78, 5) is 8.32. The molecule has 0 aliphatic carbocycles. The lowest BCUT2D eigenvalue weighted by atomic mass is 9.98.